The molecule has 1 amide bonds. The molecule has 160 valence electrons. The Morgan fingerprint density at radius 1 is 0.906 bits per heavy atom. The van der Waals surface area contributed by atoms with Gasteiger partial charge in [-0.1, -0.05) is 29.3 Å². The van der Waals surface area contributed by atoms with Crippen molar-refractivity contribution in [2.75, 3.05) is 18.5 Å². The molecular weight excluding hydrogens is 430 g/mol. The van der Waals surface area contributed by atoms with Crippen LogP contribution in [-0.4, -0.2) is 29.3 Å². The van der Waals surface area contributed by atoms with Gasteiger partial charge in [0.2, 0.25) is 11.8 Å². The highest BCUT2D eigenvalue weighted by Gasteiger charge is 2.17. The lowest BCUT2D eigenvalue weighted by Gasteiger charge is -2.20. The Hall–Kier alpha value is -3.84. The summed E-state index contributed by atoms with van der Waals surface area (Å²) in [5.74, 6) is 1.63. The lowest BCUT2D eigenvalue weighted by atomic mass is 10.1. The summed E-state index contributed by atoms with van der Waals surface area (Å²) >= 11 is 6.28. The summed E-state index contributed by atoms with van der Waals surface area (Å²) in [5.41, 5.74) is 3.58. The van der Waals surface area contributed by atoms with Crippen molar-refractivity contribution in [2.45, 2.75) is 6.92 Å². The first kappa shape index (κ1) is 20.1. The van der Waals surface area contributed by atoms with Crippen molar-refractivity contribution in [2.24, 2.45) is 0 Å². The van der Waals surface area contributed by atoms with Crippen LogP contribution in [0.25, 0.3) is 22.9 Å². The number of carbonyl (C=O) groups excluding carboxylic acids is 1. The van der Waals surface area contributed by atoms with Gasteiger partial charge in [0.05, 0.1) is 10.7 Å². The standard InChI is InChI=1S/C24H18ClN3O4/c1-14-3-2-4-17(11-14)24-28-27-23(32-24)16-7-5-15(6-8-16)22(29)26-19-13-21-20(12-18(19)25)30-9-10-31-21/h2-8,11-13H,9-10H2,1H3,(H,26,29). The number of aryl methyl sites for hydroxylation is 1. The molecule has 0 saturated carbocycles. The van der Waals surface area contributed by atoms with Crippen molar-refractivity contribution in [3.05, 3.63) is 76.8 Å². The van der Waals surface area contributed by atoms with E-state index >= 15 is 0 Å². The number of amides is 1. The van der Waals surface area contributed by atoms with Gasteiger partial charge in [0.15, 0.2) is 11.5 Å². The van der Waals surface area contributed by atoms with Gasteiger partial charge in [0.25, 0.3) is 5.91 Å². The molecule has 0 fully saturated rings. The topological polar surface area (TPSA) is 86.5 Å². The minimum atomic E-state index is -0.305. The zero-order chi connectivity index (χ0) is 22.1. The first-order valence-corrected chi connectivity index (χ1v) is 10.4. The monoisotopic (exact) mass is 447 g/mol. The molecule has 0 spiro atoms. The third-order valence-electron chi connectivity index (χ3n) is 4.96. The maximum Gasteiger partial charge on any atom is 0.255 e. The number of fused-ring (bicyclic) bond motifs is 1. The number of hydrogen-bond acceptors (Lipinski definition) is 6. The number of benzene rings is 3. The lowest BCUT2D eigenvalue weighted by Crippen LogP contribution is -2.16. The SMILES string of the molecule is Cc1cccc(-c2nnc(-c3ccc(C(=O)Nc4cc5c(cc4Cl)OCCO5)cc3)o2)c1. The zero-order valence-corrected chi connectivity index (χ0v) is 17.8. The van der Waals surface area contributed by atoms with Crippen LogP contribution in [-0.2, 0) is 0 Å². The van der Waals surface area contributed by atoms with E-state index in [9.17, 15) is 4.79 Å². The second-order valence-corrected chi connectivity index (χ2v) is 7.70. The van der Waals surface area contributed by atoms with Crippen LogP contribution in [0.5, 0.6) is 11.5 Å². The molecule has 7 nitrogen and oxygen atoms in total. The highest BCUT2D eigenvalue weighted by atomic mass is 35.5. The van der Waals surface area contributed by atoms with Crippen molar-refractivity contribution in [3.63, 3.8) is 0 Å². The number of anilines is 1. The van der Waals surface area contributed by atoms with E-state index in [1.54, 1.807) is 36.4 Å². The van der Waals surface area contributed by atoms with E-state index in [4.69, 9.17) is 25.5 Å². The first-order valence-electron chi connectivity index (χ1n) is 9.98. The molecule has 1 N–H and O–H groups in total. The molecule has 1 aliphatic heterocycles. The van der Waals surface area contributed by atoms with Crippen molar-refractivity contribution in [1.82, 2.24) is 10.2 Å². The Kier molecular flexibility index (Phi) is 5.25. The predicted octanol–water partition coefficient (Wildman–Crippen LogP) is 5.39. The summed E-state index contributed by atoms with van der Waals surface area (Å²) < 4.78 is 16.9. The molecule has 0 saturated heterocycles. The van der Waals surface area contributed by atoms with Crippen LogP contribution in [0, 0.1) is 6.92 Å². The van der Waals surface area contributed by atoms with E-state index in [2.05, 4.69) is 15.5 Å². The summed E-state index contributed by atoms with van der Waals surface area (Å²) in [4.78, 5) is 12.7. The Bertz CT molecular complexity index is 1300. The summed E-state index contributed by atoms with van der Waals surface area (Å²) in [7, 11) is 0. The van der Waals surface area contributed by atoms with Gasteiger partial charge in [-0.05, 0) is 43.3 Å². The van der Waals surface area contributed by atoms with Crippen molar-refractivity contribution in [3.8, 4) is 34.4 Å². The van der Waals surface area contributed by atoms with E-state index in [1.165, 1.54) is 0 Å². The predicted molar refractivity (Wildman–Crippen MR) is 120 cm³/mol. The average molecular weight is 448 g/mol. The van der Waals surface area contributed by atoms with Gasteiger partial charge in [-0.2, -0.15) is 0 Å². The van der Waals surface area contributed by atoms with Gasteiger partial charge >= 0.3 is 0 Å². The van der Waals surface area contributed by atoms with Crippen molar-refractivity contribution >= 4 is 23.2 Å². The van der Waals surface area contributed by atoms with Gasteiger partial charge in [-0.25, -0.2) is 0 Å². The molecule has 0 unspecified atom stereocenters. The smallest absolute Gasteiger partial charge is 0.255 e. The molecule has 0 aliphatic carbocycles. The van der Waals surface area contributed by atoms with Crippen molar-refractivity contribution in [1.29, 1.82) is 0 Å². The quantitative estimate of drug-likeness (QED) is 0.451. The average Bonchev–Trinajstić information content (AvgIpc) is 3.30. The summed E-state index contributed by atoms with van der Waals surface area (Å²) in [6.45, 7) is 2.92. The lowest BCUT2D eigenvalue weighted by molar-refractivity contribution is 0.102. The number of hydrogen-bond donors (Lipinski definition) is 1. The molecule has 4 aromatic rings. The molecule has 0 radical (unpaired) electrons. The number of aromatic nitrogens is 2. The summed E-state index contributed by atoms with van der Waals surface area (Å²) in [6, 6.07) is 18.0. The second kappa shape index (κ2) is 8.36. The fraction of sp³-hybridized carbons (Fsp3) is 0.125. The molecule has 1 aromatic heterocycles. The summed E-state index contributed by atoms with van der Waals surface area (Å²) in [5, 5.41) is 11.4. The third kappa shape index (κ3) is 4.02. The van der Waals surface area contributed by atoms with Gasteiger partial charge in [-0.15, -0.1) is 10.2 Å². The van der Waals surface area contributed by atoms with Crippen LogP contribution in [0.2, 0.25) is 5.02 Å². The minimum absolute atomic E-state index is 0.305. The minimum Gasteiger partial charge on any atom is -0.486 e. The first-order chi connectivity index (χ1) is 15.6. The third-order valence-corrected chi connectivity index (χ3v) is 5.28. The van der Waals surface area contributed by atoms with Gasteiger partial charge in [0.1, 0.15) is 13.2 Å². The summed E-state index contributed by atoms with van der Waals surface area (Å²) in [6.07, 6.45) is 0. The molecule has 32 heavy (non-hydrogen) atoms. The second-order valence-electron chi connectivity index (χ2n) is 7.29. The molecule has 2 heterocycles. The molecule has 0 atom stereocenters. The van der Waals surface area contributed by atoms with Crippen LogP contribution < -0.4 is 14.8 Å². The normalized spacial score (nSPS) is 12.4. The Morgan fingerprint density at radius 3 is 2.31 bits per heavy atom. The van der Waals surface area contributed by atoms with E-state index in [1.807, 2.05) is 31.2 Å². The number of nitrogens with zero attached hydrogens (tertiary/aromatic N) is 2. The number of rotatable bonds is 4. The van der Waals surface area contributed by atoms with Crippen molar-refractivity contribution < 1.29 is 18.7 Å². The Morgan fingerprint density at radius 2 is 1.59 bits per heavy atom. The Labute approximate surface area is 189 Å². The maximum atomic E-state index is 12.7. The molecule has 1 aliphatic rings. The van der Waals surface area contributed by atoms with Crippen LogP contribution in [0.3, 0.4) is 0 Å². The highest BCUT2D eigenvalue weighted by molar-refractivity contribution is 6.34. The zero-order valence-electron chi connectivity index (χ0n) is 17.1. The van der Waals surface area contributed by atoms with Crippen LogP contribution in [0.15, 0.2) is 65.1 Å². The van der Waals surface area contributed by atoms with E-state index in [0.29, 0.717) is 58.3 Å². The molecule has 8 heteroatoms. The van der Waals surface area contributed by atoms with Crippen LogP contribution in [0.1, 0.15) is 15.9 Å². The van der Waals surface area contributed by atoms with E-state index < -0.39 is 0 Å². The fourth-order valence-electron chi connectivity index (χ4n) is 3.35. The van der Waals surface area contributed by atoms with E-state index in [-0.39, 0.29) is 5.91 Å². The number of nitrogens with one attached hydrogen (secondary N) is 1. The van der Waals surface area contributed by atoms with Crippen LogP contribution in [0.4, 0.5) is 5.69 Å². The van der Waals surface area contributed by atoms with Crippen LogP contribution >= 0.6 is 11.6 Å². The highest BCUT2D eigenvalue weighted by Crippen LogP contribution is 2.38. The molecule has 5 rings (SSSR count). The molecule has 3 aromatic carbocycles. The molecular formula is C24H18ClN3O4. The number of carbonyl (C=O) groups is 1. The number of ether oxygens (including phenoxy) is 2. The van der Waals surface area contributed by atoms with Gasteiger partial charge < -0.3 is 19.2 Å². The fourth-order valence-corrected chi connectivity index (χ4v) is 3.55. The van der Waals surface area contributed by atoms with E-state index in [0.717, 1.165) is 11.1 Å². The Balaban J connectivity index is 1.32. The largest absolute Gasteiger partial charge is 0.486 e. The molecule has 0 bridgehead atoms. The van der Waals surface area contributed by atoms with Gasteiger partial charge in [0, 0.05) is 28.8 Å². The number of halogens is 1. The van der Waals surface area contributed by atoms with Gasteiger partial charge in [-0.3, -0.25) is 4.79 Å². The maximum absolute atomic E-state index is 12.7.